The second-order valence-electron chi connectivity index (χ2n) is 5.49. The van der Waals surface area contributed by atoms with E-state index >= 15 is 0 Å². The molecule has 0 aliphatic rings. The van der Waals surface area contributed by atoms with Crippen molar-refractivity contribution in [2.45, 2.75) is 24.8 Å². The highest BCUT2D eigenvalue weighted by atomic mass is 32.2. The van der Waals surface area contributed by atoms with Crippen LogP contribution in [0.1, 0.15) is 24.2 Å². The number of rotatable bonds is 6. The van der Waals surface area contributed by atoms with Gasteiger partial charge in [-0.15, -0.1) is 0 Å². The Bertz CT molecular complexity index is 815. The summed E-state index contributed by atoms with van der Waals surface area (Å²) in [5.41, 5.74) is 0.957. The van der Waals surface area contributed by atoms with Gasteiger partial charge in [0, 0.05) is 17.3 Å². The Kier molecular flexibility index (Phi) is 5.58. The first-order valence-corrected chi connectivity index (χ1v) is 8.88. The number of benzene rings is 2. The van der Waals surface area contributed by atoms with Crippen LogP contribution in [0.25, 0.3) is 0 Å². The minimum Gasteiger partial charge on any atom is -0.497 e. The van der Waals surface area contributed by atoms with E-state index in [1.807, 2.05) is 0 Å². The highest BCUT2D eigenvalue weighted by Crippen LogP contribution is 2.17. The lowest BCUT2D eigenvalue weighted by Crippen LogP contribution is -2.30. The van der Waals surface area contributed by atoms with Gasteiger partial charge in [-0.25, -0.2) is 13.1 Å². The number of methoxy groups -OCH3 is 1. The lowest BCUT2D eigenvalue weighted by atomic mass is 10.2. The number of carbonyl (C=O) groups is 1. The first-order chi connectivity index (χ1) is 11.3. The van der Waals surface area contributed by atoms with E-state index < -0.39 is 10.0 Å². The smallest absolute Gasteiger partial charge is 0.255 e. The van der Waals surface area contributed by atoms with E-state index in [9.17, 15) is 13.2 Å². The molecular formula is C17H20N2O4S. The van der Waals surface area contributed by atoms with Crippen LogP contribution >= 0.6 is 0 Å². The molecule has 7 heteroatoms. The van der Waals surface area contributed by atoms with Gasteiger partial charge in [-0.1, -0.05) is 6.07 Å². The molecule has 2 aromatic rings. The molecule has 1 amide bonds. The Morgan fingerprint density at radius 2 is 1.75 bits per heavy atom. The maximum Gasteiger partial charge on any atom is 0.255 e. The molecule has 0 saturated heterocycles. The number of nitrogens with one attached hydrogen (secondary N) is 2. The van der Waals surface area contributed by atoms with Gasteiger partial charge in [0.2, 0.25) is 10.0 Å². The van der Waals surface area contributed by atoms with Crippen molar-refractivity contribution in [2.75, 3.05) is 12.4 Å². The zero-order valence-electron chi connectivity index (χ0n) is 13.7. The van der Waals surface area contributed by atoms with Gasteiger partial charge in [0.05, 0.1) is 12.0 Å². The summed E-state index contributed by atoms with van der Waals surface area (Å²) in [7, 11) is -2.02. The Hall–Kier alpha value is -2.38. The van der Waals surface area contributed by atoms with Gasteiger partial charge in [0.1, 0.15) is 5.75 Å². The van der Waals surface area contributed by atoms with E-state index in [0.29, 0.717) is 17.0 Å². The lowest BCUT2D eigenvalue weighted by molar-refractivity contribution is 0.102. The van der Waals surface area contributed by atoms with Crippen LogP contribution < -0.4 is 14.8 Å². The van der Waals surface area contributed by atoms with Crippen molar-refractivity contribution in [1.82, 2.24) is 4.72 Å². The standard InChI is InChI=1S/C17H20N2O4S/c1-12(2)19-24(21,22)16-9-7-14(8-10-16)18-17(20)13-5-4-6-15(11-13)23-3/h4-12,19H,1-3H3,(H,18,20). The van der Waals surface area contributed by atoms with Crippen LogP contribution in [0.2, 0.25) is 0 Å². The van der Waals surface area contributed by atoms with Crippen molar-refractivity contribution < 1.29 is 17.9 Å². The fraction of sp³-hybridized carbons (Fsp3) is 0.235. The number of hydrogen-bond donors (Lipinski definition) is 2. The SMILES string of the molecule is COc1cccc(C(=O)Nc2ccc(S(=O)(=O)NC(C)C)cc2)c1. The maximum atomic E-state index is 12.2. The van der Waals surface area contributed by atoms with Gasteiger partial charge in [-0.2, -0.15) is 0 Å². The summed E-state index contributed by atoms with van der Waals surface area (Å²) in [6.07, 6.45) is 0. The van der Waals surface area contributed by atoms with Crippen LogP contribution in [0.5, 0.6) is 5.75 Å². The topological polar surface area (TPSA) is 84.5 Å². The van der Waals surface area contributed by atoms with Crippen molar-refractivity contribution >= 4 is 21.6 Å². The van der Waals surface area contributed by atoms with E-state index in [4.69, 9.17) is 4.74 Å². The molecule has 0 heterocycles. The number of anilines is 1. The van der Waals surface area contributed by atoms with Crippen molar-refractivity contribution in [1.29, 1.82) is 0 Å². The van der Waals surface area contributed by atoms with Crippen molar-refractivity contribution in [3.63, 3.8) is 0 Å². The second-order valence-corrected chi connectivity index (χ2v) is 7.20. The summed E-state index contributed by atoms with van der Waals surface area (Å²) in [6.45, 7) is 3.50. The van der Waals surface area contributed by atoms with Crippen LogP contribution in [0.15, 0.2) is 53.4 Å². The number of amides is 1. The largest absolute Gasteiger partial charge is 0.497 e. The van der Waals surface area contributed by atoms with E-state index in [0.717, 1.165) is 0 Å². The quantitative estimate of drug-likeness (QED) is 0.840. The molecule has 128 valence electrons. The average molecular weight is 348 g/mol. The Balaban J connectivity index is 2.12. The van der Waals surface area contributed by atoms with Gasteiger partial charge >= 0.3 is 0 Å². The van der Waals surface area contributed by atoms with Gasteiger partial charge < -0.3 is 10.1 Å². The molecule has 6 nitrogen and oxygen atoms in total. The van der Waals surface area contributed by atoms with E-state index in [1.54, 1.807) is 50.2 Å². The molecular weight excluding hydrogens is 328 g/mol. The van der Waals surface area contributed by atoms with Crippen LogP contribution in [0.4, 0.5) is 5.69 Å². The first-order valence-electron chi connectivity index (χ1n) is 7.39. The van der Waals surface area contributed by atoms with Gasteiger partial charge in [-0.05, 0) is 56.3 Å². The molecule has 0 atom stereocenters. The average Bonchev–Trinajstić information content (AvgIpc) is 2.54. The Morgan fingerprint density at radius 1 is 1.08 bits per heavy atom. The van der Waals surface area contributed by atoms with E-state index in [2.05, 4.69) is 10.0 Å². The lowest BCUT2D eigenvalue weighted by Gasteiger charge is -2.10. The van der Waals surface area contributed by atoms with Gasteiger partial charge in [0.15, 0.2) is 0 Å². The summed E-state index contributed by atoms with van der Waals surface area (Å²) in [6, 6.07) is 12.6. The molecule has 2 N–H and O–H groups in total. The molecule has 0 saturated carbocycles. The summed E-state index contributed by atoms with van der Waals surface area (Å²) in [5.74, 6) is 0.286. The third-order valence-electron chi connectivity index (χ3n) is 3.15. The number of sulfonamides is 1. The number of carbonyl (C=O) groups excluding carboxylic acids is 1. The molecule has 0 fully saturated rings. The van der Waals surface area contributed by atoms with Gasteiger partial charge in [-0.3, -0.25) is 4.79 Å². The van der Waals surface area contributed by atoms with E-state index in [-0.39, 0.29) is 16.8 Å². The second kappa shape index (κ2) is 7.46. The molecule has 0 unspecified atom stereocenters. The normalized spacial score (nSPS) is 11.3. The molecule has 0 aromatic heterocycles. The maximum absolute atomic E-state index is 12.2. The minimum absolute atomic E-state index is 0.149. The monoisotopic (exact) mass is 348 g/mol. The summed E-state index contributed by atoms with van der Waals surface area (Å²) in [5, 5.41) is 2.72. The Morgan fingerprint density at radius 3 is 2.33 bits per heavy atom. The first kappa shape index (κ1) is 18.0. The molecule has 0 bridgehead atoms. The van der Waals surface area contributed by atoms with Crippen molar-refractivity contribution in [3.8, 4) is 5.75 Å². The molecule has 2 rings (SSSR count). The number of ether oxygens (including phenoxy) is 1. The Labute approximate surface area is 141 Å². The zero-order chi connectivity index (χ0) is 17.7. The highest BCUT2D eigenvalue weighted by Gasteiger charge is 2.15. The third kappa shape index (κ3) is 4.56. The predicted molar refractivity (Wildman–Crippen MR) is 92.8 cm³/mol. The molecule has 2 aromatic carbocycles. The summed E-state index contributed by atoms with van der Waals surface area (Å²) < 4.78 is 31.7. The molecule has 0 spiro atoms. The number of hydrogen-bond acceptors (Lipinski definition) is 4. The summed E-state index contributed by atoms with van der Waals surface area (Å²) >= 11 is 0. The minimum atomic E-state index is -3.55. The van der Waals surface area contributed by atoms with Crippen LogP contribution in [-0.2, 0) is 10.0 Å². The van der Waals surface area contributed by atoms with Crippen molar-refractivity contribution in [2.24, 2.45) is 0 Å². The molecule has 0 aliphatic carbocycles. The zero-order valence-corrected chi connectivity index (χ0v) is 14.6. The van der Waals surface area contributed by atoms with Gasteiger partial charge in [0.25, 0.3) is 5.91 Å². The van der Waals surface area contributed by atoms with Crippen LogP contribution in [-0.4, -0.2) is 27.5 Å². The van der Waals surface area contributed by atoms with Crippen molar-refractivity contribution in [3.05, 3.63) is 54.1 Å². The molecule has 24 heavy (non-hydrogen) atoms. The third-order valence-corrected chi connectivity index (χ3v) is 4.82. The van der Waals surface area contributed by atoms with E-state index in [1.165, 1.54) is 19.2 Å². The predicted octanol–water partition coefficient (Wildman–Crippen LogP) is 2.63. The highest BCUT2D eigenvalue weighted by molar-refractivity contribution is 7.89. The van der Waals surface area contributed by atoms with Crippen LogP contribution in [0, 0.1) is 0 Å². The van der Waals surface area contributed by atoms with Crippen LogP contribution in [0.3, 0.4) is 0 Å². The fourth-order valence-corrected chi connectivity index (χ4v) is 3.31. The fourth-order valence-electron chi connectivity index (χ4n) is 2.06. The summed E-state index contributed by atoms with van der Waals surface area (Å²) in [4.78, 5) is 12.4. The molecule has 0 radical (unpaired) electrons. The molecule has 0 aliphatic heterocycles.